The highest BCUT2D eigenvalue weighted by molar-refractivity contribution is 5.90. The van der Waals surface area contributed by atoms with Crippen LogP contribution >= 0.6 is 0 Å². The predicted molar refractivity (Wildman–Crippen MR) is 92.0 cm³/mol. The SMILES string of the molecule is COC(=O)c1cnc2nc(-c3cc(OC)c(OC)c(OC)c3)nn2c1C. The van der Waals surface area contributed by atoms with E-state index in [1.165, 1.54) is 39.2 Å². The fourth-order valence-corrected chi connectivity index (χ4v) is 2.59. The van der Waals surface area contributed by atoms with Gasteiger partial charge in [-0.3, -0.25) is 0 Å². The van der Waals surface area contributed by atoms with Gasteiger partial charge in [0.15, 0.2) is 17.3 Å². The summed E-state index contributed by atoms with van der Waals surface area (Å²) in [5.41, 5.74) is 1.55. The first kappa shape index (κ1) is 17.5. The number of carbonyl (C=O) groups excluding carboxylic acids is 1. The summed E-state index contributed by atoms with van der Waals surface area (Å²) in [6.07, 6.45) is 1.42. The molecule has 0 amide bonds. The molecular weight excluding hydrogens is 340 g/mol. The molecule has 0 atom stereocenters. The Morgan fingerprint density at radius 3 is 2.23 bits per heavy atom. The molecule has 0 saturated heterocycles. The fraction of sp³-hybridized carbons (Fsp3) is 0.294. The smallest absolute Gasteiger partial charge is 0.341 e. The Hall–Kier alpha value is -3.36. The summed E-state index contributed by atoms with van der Waals surface area (Å²) < 4.78 is 22.3. The van der Waals surface area contributed by atoms with E-state index >= 15 is 0 Å². The maximum atomic E-state index is 11.8. The average Bonchev–Trinajstić information content (AvgIpc) is 3.11. The van der Waals surface area contributed by atoms with Gasteiger partial charge in [0.2, 0.25) is 5.75 Å². The normalized spacial score (nSPS) is 10.7. The van der Waals surface area contributed by atoms with Crippen LogP contribution < -0.4 is 14.2 Å². The monoisotopic (exact) mass is 358 g/mol. The number of fused-ring (bicyclic) bond motifs is 1. The third-order valence-electron chi connectivity index (χ3n) is 3.93. The van der Waals surface area contributed by atoms with Crippen molar-refractivity contribution in [2.45, 2.75) is 6.92 Å². The molecule has 0 bridgehead atoms. The number of aromatic nitrogens is 4. The number of aryl methyl sites for hydroxylation is 1. The lowest BCUT2D eigenvalue weighted by Crippen LogP contribution is -2.09. The fourth-order valence-electron chi connectivity index (χ4n) is 2.59. The molecule has 0 fully saturated rings. The molecule has 0 radical (unpaired) electrons. The van der Waals surface area contributed by atoms with Crippen molar-refractivity contribution >= 4 is 11.7 Å². The van der Waals surface area contributed by atoms with Crippen LogP contribution in [0, 0.1) is 6.92 Å². The highest BCUT2D eigenvalue weighted by Crippen LogP contribution is 2.40. The minimum Gasteiger partial charge on any atom is -0.493 e. The number of ether oxygens (including phenoxy) is 4. The zero-order valence-electron chi connectivity index (χ0n) is 15.1. The highest BCUT2D eigenvalue weighted by atomic mass is 16.5. The van der Waals surface area contributed by atoms with Gasteiger partial charge in [-0.25, -0.2) is 14.3 Å². The number of rotatable bonds is 5. The summed E-state index contributed by atoms with van der Waals surface area (Å²) in [4.78, 5) is 20.4. The Morgan fingerprint density at radius 2 is 1.69 bits per heavy atom. The minimum absolute atomic E-state index is 0.321. The third-order valence-corrected chi connectivity index (χ3v) is 3.93. The van der Waals surface area contributed by atoms with E-state index in [2.05, 4.69) is 15.1 Å². The summed E-state index contributed by atoms with van der Waals surface area (Å²) in [6, 6.07) is 3.49. The molecule has 3 rings (SSSR count). The summed E-state index contributed by atoms with van der Waals surface area (Å²) in [5.74, 6) is 1.73. The van der Waals surface area contributed by atoms with Crippen LogP contribution in [0.25, 0.3) is 17.2 Å². The summed E-state index contributed by atoms with van der Waals surface area (Å²) in [7, 11) is 5.92. The molecule has 0 N–H and O–H groups in total. The Bertz CT molecular complexity index is 958. The van der Waals surface area contributed by atoms with Gasteiger partial charge in [0.1, 0.15) is 0 Å². The van der Waals surface area contributed by atoms with Crippen LogP contribution in [0.5, 0.6) is 17.2 Å². The van der Waals surface area contributed by atoms with Crippen molar-refractivity contribution in [1.82, 2.24) is 19.6 Å². The lowest BCUT2D eigenvalue weighted by atomic mass is 10.1. The number of benzene rings is 1. The largest absolute Gasteiger partial charge is 0.493 e. The lowest BCUT2D eigenvalue weighted by molar-refractivity contribution is 0.0598. The molecule has 0 aliphatic carbocycles. The van der Waals surface area contributed by atoms with Crippen molar-refractivity contribution in [3.8, 4) is 28.6 Å². The average molecular weight is 358 g/mol. The van der Waals surface area contributed by atoms with Crippen LogP contribution in [0.2, 0.25) is 0 Å². The number of nitrogens with zero attached hydrogens (tertiary/aromatic N) is 4. The molecule has 0 aliphatic rings. The quantitative estimate of drug-likeness (QED) is 0.638. The molecule has 9 nitrogen and oxygen atoms in total. The summed E-state index contributed by atoms with van der Waals surface area (Å²) in [5, 5.41) is 4.45. The van der Waals surface area contributed by atoms with Crippen LogP contribution in [0.4, 0.5) is 0 Å². The van der Waals surface area contributed by atoms with Gasteiger partial charge in [0.05, 0.1) is 39.7 Å². The summed E-state index contributed by atoms with van der Waals surface area (Å²) in [6.45, 7) is 1.74. The zero-order chi connectivity index (χ0) is 18.8. The van der Waals surface area contributed by atoms with Gasteiger partial charge in [-0.05, 0) is 19.1 Å². The van der Waals surface area contributed by atoms with Crippen molar-refractivity contribution in [1.29, 1.82) is 0 Å². The molecule has 136 valence electrons. The molecule has 9 heteroatoms. The summed E-state index contributed by atoms with van der Waals surface area (Å²) >= 11 is 0. The number of hydrogen-bond donors (Lipinski definition) is 0. The highest BCUT2D eigenvalue weighted by Gasteiger charge is 2.19. The van der Waals surface area contributed by atoms with Gasteiger partial charge in [-0.15, -0.1) is 5.10 Å². The van der Waals surface area contributed by atoms with E-state index in [0.717, 1.165) is 0 Å². The van der Waals surface area contributed by atoms with Crippen molar-refractivity contribution in [2.24, 2.45) is 0 Å². The first-order chi connectivity index (χ1) is 12.5. The zero-order valence-corrected chi connectivity index (χ0v) is 15.1. The molecule has 2 aromatic heterocycles. The Labute approximate surface area is 149 Å². The minimum atomic E-state index is -0.485. The van der Waals surface area contributed by atoms with E-state index in [1.807, 2.05) is 0 Å². The number of esters is 1. The Morgan fingerprint density at radius 1 is 1.04 bits per heavy atom. The molecule has 0 spiro atoms. The number of methoxy groups -OCH3 is 4. The van der Waals surface area contributed by atoms with E-state index in [1.54, 1.807) is 19.1 Å². The second-order valence-electron chi connectivity index (χ2n) is 5.31. The van der Waals surface area contributed by atoms with Crippen LogP contribution in [0.1, 0.15) is 16.1 Å². The van der Waals surface area contributed by atoms with Gasteiger partial charge in [0, 0.05) is 11.8 Å². The number of hydrogen-bond acceptors (Lipinski definition) is 8. The van der Waals surface area contributed by atoms with E-state index in [0.29, 0.717) is 45.7 Å². The van der Waals surface area contributed by atoms with Crippen molar-refractivity contribution in [2.75, 3.05) is 28.4 Å². The standard InChI is InChI=1S/C17H18N4O5/c1-9-11(16(22)26-5)8-18-17-19-15(20-21(9)17)10-6-12(23-2)14(25-4)13(7-10)24-3/h6-8H,1-5H3. The van der Waals surface area contributed by atoms with E-state index in [9.17, 15) is 4.79 Å². The van der Waals surface area contributed by atoms with Crippen LogP contribution in [-0.2, 0) is 4.74 Å². The molecule has 0 saturated carbocycles. The van der Waals surface area contributed by atoms with Crippen molar-refractivity contribution in [3.63, 3.8) is 0 Å². The molecule has 3 aromatic rings. The van der Waals surface area contributed by atoms with Crippen LogP contribution in [0.15, 0.2) is 18.3 Å². The molecule has 1 aromatic carbocycles. The number of carbonyl (C=O) groups is 1. The Kier molecular flexibility index (Phi) is 4.61. The second kappa shape index (κ2) is 6.87. The van der Waals surface area contributed by atoms with Crippen LogP contribution in [0.3, 0.4) is 0 Å². The van der Waals surface area contributed by atoms with Gasteiger partial charge in [0.25, 0.3) is 5.78 Å². The second-order valence-corrected chi connectivity index (χ2v) is 5.31. The van der Waals surface area contributed by atoms with Gasteiger partial charge >= 0.3 is 5.97 Å². The van der Waals surface area contributed by atoms with Gasteiger partial charge in [-0.2, -0.15) is 4.98 Å². The topological polar surface area (TPSA) is 97.1 Å². The predicted octanol–water partition coefficient (Wildman–Crippen LogP) is 1.91. The third kappa shape index (κ3) is 2.77. The van der Waals surface area contributed by atoms with E-state index in [4.69, 9.17) is 18.9 Å². The lowest BCUT2D eigenvalue weighted by Gasteiger charge is -2.12. The van der Waals surface area contributed by atoms with Crippen molar-refractivity contribution in [3.05, 3.63) is 29.6 Å². The molecule has 2 heterocycles. The van der Waals surface area contributed by atoms with Crippen molar-refractivity contribution < 1.29 is 23.7 Å². The first-order valence-corrected chi connectivity index (χ1v) is 7.65. The van der Waals surface area contributed by atoms with E-state index in [-0.39, 0.29) is 0 Å². The van der Waals surface area contributed by atoms with Gasteiger partial charge in [-0.1, -0.05) is 0 Å². The molecular formula is C17H18N4O5. The Balaban J connectivity index is 2.17. The van der Waals surface area contributed by atoms with Gasteiger partial charge < -0.3 is 18.9 Å². The molecule has 0 unspecified atom stereocenters. The van der Waals surface area contributed by atoms with E-state index < -0.39 is 5.97 Å². The molecule has 0 aliphatic heterocycles. The van der Waals surface area contributed by atoms with Crippen LogP contribution in [-0.4, -0.2) is 54.0 Å². The maximum absolute atomic E-state index is 11.8. The molecule has 26 heavy (non-hydrogen) atoms. The first-order valence-electron chi connectivity index (χ1n) is 7.65. The maximum Gasteiger partial charge on any atom is 0.341 e.